The van der Waals surface area contributed by atoms with Gasteiger partial charge in [0.1, 0.15) is 11.1 Å². The molecule has 0 aliphatic heterocycles. The maximum atomic E-state index is 8.92. The summed E-state index contributed by atoms with van der Waals surface area (Å²) in [6.45, 7) is 0. The van der Waals surface area contributed by atoms with Crippen molar-refractivity contribution in [1.82, 2.24) is 4.98 Å². The minimum Gasteiger partial charge on any atom is -0.389 e. The van der Waals surface area contributed by atoms with E-state index in [9.17, 15) is 0 Å². The van der Waals surface area contributed by atoms with E-state index in [2.05, 4.69) is 16.4 Å². The van der Waals surface area contributed by atoms with Crippen LogP contribution < -0.4 is 11.1 Å². The number of nitrogens with one attached hydrogen (secondary N) is 1. The Kier molecular flexibility index (Phi) is 2.95. The Morgan fingerprint density at radius 3 is 2.94 bits per heavy atom. The molecular weight excluding hydrogens is 244 g/mol. The predicted molar refractivity (Wildman–Crippen MR) is 66.0 cm³/mol. The fourth-order valence-corrected chi connectivity index (χ4v) is 1.94. The zero-order valence-corrected chi connectivity index (χ0v) is 9.64. The third kappa shape index (κ3) is 2.24. The van der Waals surface area contributed by atoms with Crippen molar-refractivity contribution in [1.29, 1.82) is 5.26 Å². The summed E-state index contributed by atoms with van der Waals surface area (Å²) in [7, 11) is 0. The number of nitriles is 1. The second kappa shape index (κ2) is 4.39. The predicted octanol–water partition coefficient (Wildman–Crippen LogP) is 2.99. The molecule has 1 aromatic carbocycles. The van der Waals surface area contributed by atoms with Crippen molar-refractivity contribution in [3.8, 4) is 6.07 Å². The normalized spacial score (nSPS) is 9.75. The number of aromatic nitrogens is 1. The number of halogens is 1. The molecule has 4 nitrogen and oxygen atoms in total. The molecule has 0 bridgehead atoms. The van der Waals surface area contributed by atoms with Gasteiger partial charge in [0.2, 0.25) is 0 Å². The standard InChI is InChI=1S/C10H7ClN4S/c11-7-2-1-6(4-12)8(3-7)15-10-14-5-9(13)16-10/h1-3,5H,13H2,(H,14,15). The van der Waals surface area contributed by atoms with Crippen LogP contribution in [0.25, 0.3) is 0 Å². The summed E-state index contributed by atoms with van der Waals surface area (Å²) in [5, 5.41) is 13.7. The van der Waals surface area contributed by atoms with Gasteiger partial charge in [0, 0.05) is 5.02 Å². The Balaban J connectivity index is 2.34. The summed E-state index contributed by atoms with van der Waals surface area (Å²) in [6, 6.07) is 7.08. The second-order valence-electron chi connectivity index (χ2n) is 2.99. The van der Waals surface area contributed by atoms with Crippen molar-refractivity contribution in [2.24, 2.45) is 0 Å². The fraction of sp³-hybridized carbons (Fsp3) is 0. The van der Waals surface area contributed by atoms with E-state index in [4.69, 9.17) is 22.6 Å². The molecule has 2 aromatic rings. The quantitative estimate of drug-likeness (QED) is 0.859. The lowest BCUT2D eigenvalue weighted by atomic mass is 10.2. The van der Waals surface area contributed by atoms with Crippen molar-refractivity contribution < 1.29 is 0 Å². The Hall–Kier alpha value is -1.77. The molecule has 6 heteroatoms. The summed E-state index contributed by atoms with van der Waals surface area (Å²) in [5.41, 5.74) is 6.70. The number of thiazole rings is 1. The number of hydrogen-bond donors (Lipinski definition) is 2. The van der Waals surface area contributed by atoms with E-state index >= 15 is 0 Å². The lowest BCUT2D eigenvalue weighted by molar-refractivity contribution is 1.38. The Morgan fingerprint density at radius 1 is 1.50 bits per heavy atom. The van der Waals surface area contributed by atoms with E-state index in [1.807, 2.05) is 0 Å². The third-order valence-electron chi connectivity index (χ3n) is 1.87. The van der Waals surface area contributed by atoms with Gasteiger partial charge in [0.25, 0.3) is 0 Å². The Bertz CT molecular complexity index is 558. The number of nitrogen functional groups attached to an aromatic ring is 1. The van der Waals surface area contributed by atoms with Gasteiger partial charge < -0.3 is 11.1 Å². The molecule has 0 spiro atoms. The van der Waals surface area contributed by atoms with Gasteiger partial charge in [-0.1, -0.05) is 22.9 Å². The van der Waals surface area contributed by atoms with E-state index in [1.54, 1.807) is 24.4 Å². The SMILES string of the molecule is N#Cc1ccc(Cl)cc1Nc1ncc(N)s1. The second-order valence-corrected chi connectivity index (χ2v) is 4.49. The van der Waals surface area contributed by atoms with Crippen LogP contribution in [0.15, 0.2) is 24.4 Å². The van der Waals surface area contributed by atoms with Crippen LogP contribution in [0, 0.1) is 11.3 Å². The largest absolute Gasteiger partial charge is 0.389 e. The van der Waals surface area contributed by atoms with Crippen LogP contribution in [0.3, 0.4) is 0 Å². The van der Waals surface area contributed by atoms with Crippen LogP contribution in [0.1, 0.15) is 5.56 Å². The molecule has 0 fully saturated rings. The van der Waals surface area contributed by atoms with Crippen molar-refractivity contribution in [3.05, 3.63) is 35.0 Å². The topological polar surface area (TPSA) is 74.7 Å². The van der Waals surface area contributed by atoms with Crippen molar-refractivity contribution in [2.45, 2.75) is 0 Å². The molecule has 80 valence electrons. The highest BCUT2D eigenvalue weighted by atomic mass is 35.5. The van der Waals surface area contributed by atoms with Gasteiger partial charge in [0.05, 0.1) is 17.4 Å². The number of anilines is 3. The zero-order chi connectivity index (χ0) is 11.5. The lowest BCUT2D eigenvalue weighted by Crippen LogP contribution is -1.92. The summed E-state index contributed by atoms with van der Waals surface area (Å²) in [4.78, 5) is 4.05. The van der Waals surface area contributed by atoms with Crippen LogP contribution >= 0.6 is 22.9 Å². The van der Waals surface area contributed by atoms with Crippen molar-refractivity contribution in [2.75, 3.05) is 11.1 Å². The molecule has 3 N–H and O–H groups in total. The van der Waals surface area contributed by atoms with E-state index in [-0.39, 0.29) is 0 Å². The summed E-state index contributed by atoms with van der Waals surface area (Å²) >= 11 is 7.16. The van der Waals surface area contributed by atoms with E-state index in [0.29, 0.717) is 26.4 Å². The molecule has 0 unspecified atom stereocenters. The first-order valence-corrected chi connectivity index (χ1v) is 5.56. The van der Waals surface area contributed by atoms with E-state index in [1.165, 1.54) is 11.3 Å². The number of benzene rings is 1. The summed E-state index contributed by atoms with van der Waals surface area (Å²) in [5.74, 6) is 0. The minimum atomic E-state index is 0.512. The van der Waals surface area contributed by atoms with Crippen molar-refractivity contribution >= 4 is 38.8 Å². The molecule has 1 aromatic heterocycles. The summed E-state index contributed by atoms with van der Waals surface area (Å²) < 4.78 is 0. The molecule has 0 atom stereocenters. The highest BCUT2D eigenvalue weighted by molar-refractivity contribution is 7.19. The van der Waals surface area contributed by atoms with Crippen LogP contribution in [0.5, 0.6) is 0 Å². The molecule has 0 aliphatic carbocycles. The monoisotopic (exact) mass is 250 g/mol. The fourth-order valence-electron chi connectivity index (χ4n) is 1.18. The third-order valence-corrected chi connectivity index (χ3v) is 2.84. The first-order chi connectivity index (χ1) is 7.69. The molecular formula is C10H7ClN4S. The van der Waals surface area contributed by atoms with Gasteiger partial charge in [-0.15, -0.1) is 0 Å². The van der Waals surface area contributed by atoms with E-state index < -0.39 is 0 Å². The van der Waals surface area contributed by atoms with Crippen LogP contribution in [0.2, 0.25) is 5.02 Å². The number of nitrogens with two attached hydrogens (primary N) is 1. The van der Waals surface area contributed by atoms with E-state index in [0.717, 1.165) is 0 Å². The van der Waals surface area contributed by atoms with Crippen LogP contribution in [-0.4, -0.2) is 4.98 Å². The van der Waals surface area contributed by atoms with Crippen molar-refractivity contribution in [3.63, 3.8) is 0 Å². The first-order valence-electron chi connectivity index (χ1n) is 4.37. The minimum absolute atomic E-state index is 0.512. The number of hydrogen-bond acceptors (Lipinski definition) is 5. The van der Waals surface area contributed by atoms with Gasteiger partial charge in [-0.05, 0) is 18.2 Å². The van der Waals surface area contributed by atoms with Gasteiger partial charge in [-0.3, -0.25) is 0 Å². The molecule has 1 heterocycles. The molecule has 0 saturated carbocycles. The van der Waals surface area contributed by atoms with Gasteiger partial charge in [-0.25, -0.2) is 4.98 Å². The van der Waals surface area contributed by atoms with Gasteiger partial charge in [-0.2, -0.15) is 5.26 Å². The molecule has 0 saturated heterocycles. The average molecular weight is 251 g/mol. The van der Waals surface area contributed by atoms with Gasteiger partial charge >= 0.3 is 0 Å². The molecule has 0 aliphatic rings. The lowest BCUT2D eigenvalue weighted by Gasteiger charge is -2.04. The smallest absolute Gasteiger partial charge is 0.189 e. The van der Waals surface area contributed by atoms with Gasteiger partial charge in [0.15, 0.2) is 5.13 Å². The maximum absolute atomic E-state index is 8.92. The molecule has 2 rings (SSSR count). The number of nitrogens with zero attached hydrogens (tertiary/aromatic N) is 2. The highest BCUT2D eigenvalue weighted by Crippen LogP contribution is 2.27. The zero-order valence-electron chi connectivity index (χ0n) is 8.07. The Labute approximate surface area is 101 Å². The average Bonchev–Trinajstić information content (AvgIpc) is 2.64. The Morgan fingerprint density at radius 2 is 2.31 bits per heavy atom. The first kappa shape index (κ1) is 10.7. The molecule has 0 radical (unpaired) electrons. The highest BCUT2D eigenvalue weighted by Gasteiger charge is 2.05. The van der Waals surface area contributed by atoms with Crippen LogP contribution in [0.4, 0.5) is 15.8 Å². The summed E-state index contributed by atoms with van der Waals surface area (Å²) in [6.07, 6.45) is 1.56. The molecule has 16 heavy (non-hydrogen) atoms. The molecule has 0 amide bonds. The van der Waals surface area contributed by atoms with Crippen LogP contribution in [-0.2, 0) is 0 Å². The number of rotatable bonds is 2. The maximum Gasteiger partial charge on any atom is 0.189 e.